The Balaban J connectivity index is 2.12. The third-order valence-corrected chi connectivity index (χ3v) is 3.58. The van der Waals surface area contributed by atoms with Crippen LogP contribution < -0.4 is 5.32 Å². The topological polar surface area (TPSA) is 51.2 Å². The van der Waals surface area contributed by atoms with E-state index >= 15 is 0 Å². The highest BCUT2D eigenvalue weighted by molar-refractivity contribution is 7.10. The molecule has 0 unspecified atom stereocenters. The first-order chi connectivity index (χ1) is 7.22. The van der Waals surface area contributed by atoms with Crippen LogP contribution in [0.1, 0.15) is 35.3 Å². The van der Waals surface area contributed by atoms with E-state index in [-0.39, 0.29) is 12.1 Å². The second-order valence-corrected chi connectivity index (χ2v) is 4.45. The Bertz CT molecular complexity index is 371. The molecule has 0 aromatic carbocycles. The van der Waals surface area contributed by atoms with Crippen LogP contribution in [0.3, 0.4) is 0 Å². The number of aryl methyl sites for hydroxylation is 1. The zero-order chi connectivity index (χ0) is 10.8. The summed E-state index contributed by atoms with van der Waals surface area (Å²) in [7, 11) is 1.78. The van der Waals surface area contributed by atoms with Crippen LogP contribution >= 0.6 is 11.5 Å². The summed E-state index contributed by atoms with van der Waals surface area (Å²) in [5.41, 5.74) is 1.34. The molecule has 0 atom stereocenters. The van der Waals surface area contributed by atoms with Gasteiger partial charge in [0.1, 0.15) is 16.7 Å². The summed E-state index contributed by atoms with van der Waals surface area (Å²) < 4.78 is 9.48. The lowest BCUT2D eigenvalue weighted by atomic mass is 9.96. The van der Waals surface area contributed by atoms with Crippen LogP contribution in [-0.4, -0.2) is 23.5 Å². The van der Waals surface area contributed by atoms with Crippen molar-refractivity contribution in [1.29, 1.82) is 0 Å². The number of nitrogens with one attached hydrogen (secondary N) is 1. The molecule has 1 aliphatic rings. The zero-order valence-electron chi connectivity index (χ0n) is 8.87. The second-order valence-electron chi connectivity index (χ2n) is 3.68. The van der Waals surface area contributed by atoms with Gasteiger partial charge in [0.05, 0.1) is 5.69 Å². The molecule has 0 bridgehead atoms. The van der Waals surface area contributed by atoms with E-state index in [2.05, 4.69) is 9.69 Å². The smallest absolute Gasteiger partial charge is 0.343 e. The predicted octanol–water partition coefficient (Wildman–Crippen LogP) is 2.20. The minimum absolute atomic E-state index is 0.126. The summed E-state index contributed by atoms with van der Waals surface area (Å²) >= 11 is 1.30. The van der Waals surface area contributed by atoms with Gasteiger partial charge in [-0.3, -0.25) is 0 Å². The van der Waals surface area contributed by atoms with Gasteiger partial charge in [0.15, 0.2) is 0 Å². The van der Waals surface area contributed by atoms with Crippen molar-refractivity contribution < 1.29 is 9.53 Å². The SMILES string of the molecule is CNc1snc(C)c1C(=O)OC1CCC1. The second kappa shape index (κ2) is 4.18. The van der Waals surface area contributed by atoms with Gasteiger partial charge in [0, 0.05) is 7.05 Å². The molecule has 1 aromatic heterocycles. The highest BCUT2D eigenvalue weighted by Gasteiger charge is 2.26. The normalized spacial score (nSPS) is 15.9. The fraction of sp³-hybridized carbons (Fsp3) is 0.600. The summed E-state index contributed by atoms with van der Waals surface area (Å²) in [4.78, 5) is 11.8. The first kappa shape index (κ1) is 10.4. The number of anilines is 1. The van der Waals surface area contributed by atoms with E-state index in [1.54, 1.807) is 7.05 Å². The molecule has 0 saturated heterocycles. The van der Waals surface area contributed by atoms with Gasteiger partial charge >= 0.3 is 5.97 Å². The molecule has 4 nitrogen and oxygen atoms in total. The molecule has 0 spiro atoms. The number of rotatable bonds is 3. The molecule has 1 aliphatic carbocycles. The molecule has 2 rings (SSSR count). The highest BCUT2D eigenvalue weighted by Crippen LogP contribution is 2.28. The van der Waals surface area contributed by atoms with Gasteiger partial charge in [-0.1, -0.05) is 0 Å². The number of hydrogen-bond donors (Lipinski definition) is 1. The molecule has 1 heterocycles. The van der Waals surface area contributed by atoms with Crippen LogP contribution in [-0.2, 0) is 4.74 Å². The number of hydrogen-bond acceptors (Lipinski definition) is 5. The Labute approximate surface area is 92.8 Å². The fourth-order valence-electron chi connectivity index (χ4n) is 1.48. The number of nitrogens with zero attached hydrogens (tertiary/aromatic N) is 1. The average molecular weight is 226 g/mol. The number of carbonyl (C=O) groups excluding carboxylic acids is 1. The summed E-state index contributed by atoms with van der Waals surface area (Å²) in [6.07, 6.45) is 3.29. The van der Waals surface area contributed by atoms with Crippen molar-refractivity contribution in [2.24, 2.45) is 0 Å². The molecule has 82 valence electrons. The van der Waals surface area contributed by atoms with Gasteiger partial charge in [-0.15, -0.1) is 0 Å². The Morgan fingerprint density at radius 3 is 2.87 bits per heavy atom. The molecule has 0 radical (unpaired) electrons. The van der Waals surface area contributed by atoms with Crippen molar-refractivity contribution in [1.82, 2.24) is 4.37 Å². The maximum absolute atomic E-state index is 11.8. The lowest BCUT2D eigenvalue weighted by Crippen LogP contribution is -2.25. The molecular weight excluding hydrogens is 212 g/mol. The average Bonchev–Trinajstić information content (AvgIpc) is 2.53. The minimum atomic E-state index is -0.240. The number of carbonyl (C=O) groups is 1. The molecular formula is C10H14N2O2S. The summed E-state index contributed by atoms with van der Waals surface area (Å²) in [5.74, 6) is -0.240. The Morgan fingerprint density at radius 2 is 2.33 bits per heavy atom. The van der Waals surface area contributed by atoms with Crippen molar-refractivity contribution in [2.75, 3.05) is 12.4 Å². The van der Waals surface area contributed by atoms with Crippen molar-refractivity contribution in [3.8, 4) is 0 Å². The Kier molecular flexibility index (Phi) is 2.90. The van der Waals surface area contributed by atoms with E-state index in [0.29, 0.717) is 5.56 Å². The molecule has 1 saturated carbocycles. The molecule has 0 amide bonds. The first-order valence-corrected chi connectivity index (χ1v) is 5.84. The third kappa shape index (κ3) is 1.97. The molecule has 5 heteroatoms. The van der Waals surface area contributed by atoms with Crippen molar-refractivity contribution in [3.05, 3.63) is 11.3 Å². The maximum Gasteiger partial charge on any atom is 0.343 e. The minimum Gasteiger partial charge on any atom is -0.459 e. The maximum atomic E-state index is 11.8. The first-order valence-electron chi connectivity index (χ1n) is 5.07. The zero-order valence-corrected chi connectivity index (χ0v) is 9.69. The van der Waals surface area contributed by atoms with Gasteiger partial charge in [0.25, 0.3) is 0 Å². The Morgan fingerprint density at radius 1 is 1.60 bits per heavy atom. The number of ether oxygens (including phenoxy) is 1. The van der Waals surface area contributed by atoms with Crippen molar-refractivity contribution >= 4 is 22.5 Å². The quantitative estimate of drug-likeness (QED) is 0.803. The van der Waals surface area contributed by atoms with E-state index in [4.69, 9.17) is 4.74 Å². The molecule has 0 aliphatic heterocycles. The van der Waals surface area contributed by atoms with E-state index in [1.165, 1.54) is 11.5 Å². The van der Waals surface area contributed by atoms with Crippen molar-refractivity contribution in [2.45, 2.75) is 32.3 Å². The Hall–Kier alpha value is -1.10. The van der Waals surface area contributed by atoms with Gasteiger partial charge in [-0.25, -0.2) is 4.79 Å². The predicted molar refractivity (Wildman–Crippen MR) is 59.5 cm³/mol. The lowest BCUT2D eigenvalue weighted by molar-refractivity contribution is 0.00907. The molecule has 1 aromatic rings. The fourth-order valence-corrected chi connectivity index (χ4v) is 2.21. The van der Waals surface area contributed by atoms with E-state index in [1.807, 2.05) is 6.92 Å². The standard InChI is InChI=1S/C10H14N2O2S/c1-6-8(9(11-2)15-12-6)10(13)14-7-4-3-5-7/h7,11H,3-5H2,1-2H3. The van der Waals surface area contributed by atoms with Crippen LogP contribution in [0.4, 0.5) is 5.00 Å². The van der Waals surface area contributed by atoms with Crippen molar-refractivity contribution in [3.63, 3.8) is 0 Å². The molecule has 1 fully saturated rings. The largest absolute Gasteiger partial charge is 0.459 e. The van der Waals surface area contributed by atoms with E-state index < -0.39 is 0 Å². The molecule has 1 N–H and O–H groups in total. The summed E-state index contributed by atoms with van der Waals surface area (Å²) in [5, 5.41) is 3.75. The van der Waals surface area contributed by atoms with Gasteiger partial charge in [-0.2, -0.15) is 4.37 Å². The van der Waals surface area contributed by atoms with Crippen LogP contribution in [0.5, 0.6) is 0 Å². The highest BCUT2D eigenvalue weighted by atomic mass is 32.1. The van der Waals surface area contributed by atoms with Crippen LogP contribution in [0, 0.1) is 6.92 Å². The summed E-state index contributed by atoms with van der Waals surface area (Å²) in [6, 6.07) is 0. The summed E-state index contributed by atoms with van der Waals surface area (Å²) in [6.45, 7) is 1.83. The van der Waals surface area contributed by atoms with Gasteiger partial charge < -0.3 is 10.1 Å². The van der Waals surface area contributed by atoms with E-state index in [0.717, 1.165) is 30.0 Å². The number of esters is 1. The number of aromatic nitrogens is 1. The van der Waals surface area contributed by atoms with Crippen LogP contribution in [0.2, 0.25) is 0 Å². The van der Waals surface area contributed by atoms with E-state index in [9.17, 15) is 4.79 Å². The lowest BCUT2D eigenvalue weighted by Gasteiger charge is -2.25. The van der Waals surface area contributed by atoms with Crippen LogP contribution in [0.15, 0.2) is 0 Å². The third-order valence-electron chi connectivity index (χ3n) is 2.62. The van der Waals surface area contributed by atoms with Gasteiger partial charge in [0.2, 0.25) is 0 Å². The molecule has 15 heavy (non-hydrogen) atoms. The van der Waals surface area contributed by atoms with Crippen LogP contribution in [0.25, 0.3) is 0 Å². The monoisotopic (exact) mass is 226 g/mol. The van der Waals surface area contributed by atoms with Gasteiger partial charge in [-0.05, 0) is 37.7 Å².